The number of nitrogens with zero attached hydrogens (tertiary/aromatic N) is 1. The van der Waals surface area contributed by atoms with Crippen LogP contribution in [0.3, 0.4) is 0 Å². The van der Waals surface area contributed by atoms with Crippen LogP contribution in [0.4, 0.5) is 11.4 Å². The molecule has 7 heteroatoms. The van der Waals surface area contributed by atoms with Crippen molar-refractivity contribution in [3.8, 4) is 11.5 Å². The highest BCUT2D eigenvalue weighted by atomic mass is 16.6. The van der Waals surface area contributed by atoms with Gasteiger partial charge in [-0.1, -0.05) is 56.3 Å². The van der Waals surface area contributed by atoms with Gasteiger partial charge in [-0.3, -0.25) is 14.9 Å². The first-order valence-corrected chi connectivity index (χ1v) is 10.3. The minimum absolute atomic E-state index is 0.0898. The van der Waals surface area contributed by atoms with Gasteiger partial charge in [-0.25, -0.2) is 0 Å². The van der Waals surface area contributed by atoms with Crippen LogP contribution in [0.15, 0.2) is 72.8 Å². The van der Waals surface area contributed by atoms with E-state index in [0.29, 0.717) is 18.1 Å². The molecule has 166 valence electrons. The number of nitro benzene ring substituents is 1. The molecule has 0 aliphatic heterocycles. The van der Waals surface area contributed by atoms with Gasteiger partial charge in [0.2, 0.25) is 0 Å². The number of nitrogens with one attached hydrogen (secondary N) is 1. The number of hydrogen-bond donors (Lipinski definition) is 1. The Kier molecular flexibility index (Phi) is 7.10. The summed E-state index contributed by atoms with van der Waals surface area (Å²) in [7, 11) is 0. The van der Waals surface area contributed by atoms with E-state index in [1.807, 2.05) is 42.5 Å². The summed E-state index contributed by atoms with van der Waals surface area (Å²) < 4.78 is 10.9. The minimum atomic E-state index is -0.563. The van der Waals surface area contributed by atoms with Crippen molar-refractivity contribution in [1.29, 1.82) is 0 Å². The molecule has 0 aliphatic carbocycles. The molecule has 0 heterocycles. The zero-order chi connectivity index (χ0) is 23.1. The highest BCUT2D eigenvalue weighted by Crippen LogP contribution is 2.32. The third-order valence-corrected chi connectivity index (χ3v) is 5.19. The summed E-state index contributed by atoms with van der Waals surface area (Å²) in [4.78, 5) is 23.1. The molecule has 0 aromatic heterocycles. The van der Waals surface area contributed by atoms with E-state index in [4.69, 9.17) is 9.47 Å². The van der Waals surface area contributed by atoms with Crippen LogP contribution in [0.5, 0.6) is 11.5 Å². The maximum Gasteiger partial charge on any atom is 0.296 e. The summed E-state index contributed by atoms with van der Waals surface area (Å²) in [5.74, 6) is 0.409. The van der Waals surface area contributed by atoms with E-state index >= 15 is 0 Å². The maximum absolute atomic E-state index is 12.3. The Hall–Kier alpha value is -3.87. The molecule has 0 fully saturated rings. The molecule has 0 spiro atoms. The number of nitro groups is 1. The van der Waals surface area contributed by atoms with Crippen LogP contribution in [-0.4, -0.2) is 24.0 Å². The normalized spacial score (nSPS) is 11.0. The van der Waals surface area contributed by atoms with Crippen molar-refractivity contribution in [3.05, 3.63) is 94.0 Å². The Bertz CT molecular complexity index is 1080. The number of benzene rings is 3. The average Bonchev–Trinajstić information content (AvgIpc) is 2.79. The molecule has 0 radical (unpaired) electrons. The molecule has 0 aliphatic rings. The fourth-order valence-corrected chi connectivity index (χ4v) is 3.35. The number of hydrogen-bond acceptors (Lipinski definition) is 5. The van der Waals surface area contributed by atoms with Crippen molar-refractivity contribution in [2.24, 2.45) is 0 Å². The SMILES string of the molecule is CCOc1ccc(NC(=O)COc2ccc(C(C)(C)c3ccccc3)cc2)c([N+](=O)[O-])c1. The van der Waals surface area contributed by atoms with Gasteiger partial charge in [-0.05, 0) is 42.3 Å². The van der Waals surface area contributed by atoms with Gasteiger partial charge in [0.15, 0.2) is 6.61 Å². The third-order valence-electron chi connectivity index (χ3n) is 5.19. The number of anilines is 1. The third kappa shape index (κ3) is 5.43. The van der Waals surface area contributed by atoms with Crippen LogP contribution in [0.2, 0.25) is 0 Å². The number of carbonyl (C=O) groups excluding carboxylic acids is 1. The molecule has 32 heavy (non-hydrogen) atoms. The first kappa shape index (κ1) is 22.8. The monoisotopic (exact) mass is 434 g/mol. The summed E-state index contributed by atoms with van der Waals surface area (Å²) >= 11 is 0. The Morgan fingerprint density at radius 3 is 2.19 bits per heavy atom. The molecule has 1 amide bonds. The first-order chi connectivity index (χ1) is 15.3. The average molecular weight is 434 g/mol. The zero-order valence-corrected chi connectivity index (χ0v) is 18.3. The van der Waals surface area contributed by atoms with E-state index in [1.165, 1.54) is 17.7 Å². The second kappa shape index (κ2) is 9.96. The predicted molar refractivity (Wildman–Crippen MR) is 123 cm³/mol. The molecule has 0 unspecified atom stereocenters. The van der Waals surface area contributed by atoms with Gasteiger partial charge >= 0.3 is 0 Å². The summed E-state index contributed by atoms with van der Waals surface area (Å²) in [6.07, 6.45) is 0. The Labute approximate surface area is 187 Å². The van der Waals surface area contributed by atoms with Crippen LogP contribution in [0, 0.1) is 10.1 Å². The van der Waals surface area contributed by atoms with Crippen molar-refractivity contribution in [3.63, 3.8) is 0 Å². The van der Waals surface area contributed by atoms with E-state index in [9.17, 15) is 14.9 Å². The largest absolute Gasteiger partial charge is 0.494 e. The molecule has 0 saturated heterocycles. The molecule has 7 nitrogen and oxygen atoms in total. The van der Waals surface area contributed by atoms with Crippen LogP contribution < -0.4 is 14.8 Å². The Balaban J connectivity index is 1.63. The summed E-state index contributed by atoms with van der Waals surface area (Å²) in [5.41, 5.74) is 1.99. The lowest BCUT2D eigenvalue weighted by Crippen LogP contribution is -2.21. The van der Waals surface area contributed by atoms with Crippen molar-refractivity contribution in [2.45, 2.75) is 26.2 Å². The summed E-state index contributed by atoms with van der Waals surface area (Å²) in [6, 6.07) is 22.1. The highest BCUT2D eigenvalue weighted by molar-refractivity contribution is 5.94. The lowest BCUT2D eigenvalue weighted by atomic mass is 9.78. The van der Waals surface area contributed by atoms with Gasteiger partial charge in [-0.15, -0.1) is 0 Å². The van der Waals surface area contributed by atoms with Gasteiger partial charge in [0.05, 0.1) is 17.6 Å². The molecule has 0 atom stereocenters. The second-order valence-corrected chi connectivity index (χ2v) is 7.72. The fraction of sp³-hybridized carbons (Fsp3) is 0.240. The van der Waals surface area contributed by atoms with Gasteiger partial charge in [-0.2, -0.15) is 0 Å². The molecular weight excluding hydrogens is 408 g/mol. The highest BCUT2D eigenvalue weighted by Gasteiger charge is 2.23. The molecule has 3 aromatic rings. The Morgan fingerprint density at radius 1 is 0.938 bits per heavy atom. The van der Waals surface area contributed by atoms with Crippen LogP contribution in [0.25, 0.3) is 0 Å². The van der Waals surface area contributed by atoms with E-state index < -0.39 is 10.8 Å². The lowest BCUT2D eigenvalue weighted by Gasteiger charge is -2.26. The number of rotatable bonds is 9. The van der Waals surface area contributed by atoms with E-state index in [1.54, 1.807) is 13.0 Å². The minimum Gasteiger partial charge on any atom is -0.494 e. The second-order valence-electron chi connectivity index (χ2n) is 7.72. The van der Waals surface area contributed by atoms with Crippen molar-refractivity contribution < 1.29 is 19.2 Å². The Morgan fingerprint density at radius 2 is 1.56 bits per heavy atom. The molecular formula is C25H26N2O5. The van der Waals surface area contributed by atoms with Crippen molar-refractivity contribution >= 4 is 17.3 Å². The first-order valence-electron chi connectivity index (χ1n) is 10.3. The fourth-order valence-electron chi connectivity index (χ4n) is 3.35. The molecule has 0 bridgehead atoms. The van der Waals surface area contributed by atoms with E-state index in [2.05, 4.69) is 31.3 Å². The summed E-state index contributed by atoms with van der Waals surface area (Å²) in [5, 5.41) is 13.8. The van der Waals surface area contributed by atoms with Gasteiger partial charge in [0.1, 0.15) is 17.2 Å². The van der Waals surface area contributed by atoms with Gasteiger partial charge in [0.25, 0.3) is 11.6 Å². The standard InChI is InChI=1S/C25H26N2O5/c1-4-31-21-14-15-22(23(16-21)27(29)30)26-24(28)17-32-20-12-10-19(11-13-20)25(2,3)18-8-6-5-7-9-18/h5-16H,4,17H2,1-3H3,(H,26,28). The van der Waals surface area contributed by atoms with Crippen LogP contribution in [0.1, 0.15) is 31.9 Å². The quantitative estimate of drug-likeness (QED) is 0.363. The molecule has 3 aromatic carbocycles. The summed E-state index contributed by atoms with van der Waals surface area (Å²) in [6.45, 7) is 6.20. The number of amides is 1. The van der Waals surface area contributed by atoms with E-state index in [-0.39, 0.29) is 23.4 Å². The molecule has 0 saturated carbocycles. The van der Waals surface area contributed by atoms with Gasteiger partial charge < -0.3 is 14.8 Å². The zero-order valence-electron chi connectivity index (χ0n) is 18.3. The van der Waals surface area contributed by atoms with E-state index in [0.717, 1.165) is 5.56 Å². The van der Waals surface area contributed by atoms with Gasteiger partial charge in [0, 0.05) is 5.41 Å². The van der Waals surface area contributed by atoms with Crippen LogP contribution >= 0.6 is 0 Å². The number of ether oxygens (including phenoxy) is 2. The van der Waals surface area contributed by atoms with Crippen molar-refractivity contribution in [1.82, 2.24) is 0 Å². The smallest absolute Gasteiger partial charge is 0.296 e. The predicted octanol–water partition coefficient (Wildman–Crippen LogP) is 5.34. The topological polar surface area (TPSA) is 90.7 Å². The van der Waals surface area contributed by atoms with Crippen molar-refractivity contribution in [2.75, 3.05) is 18.5 Å². The molecule has 1 N–H and O–H groups in total. The molecule has 3 rings (SSSR count). The maximum atomic E-state index is 12.3. The lowest BCUT2D eigenvalue weighted by molar-refractivity contribution is -0.384. The number of carbonyl (C=O) groups is 1. The van der Waals surface area contributed by atoms with Crippen LogP contribution in [-0.2, 0) is 10.2 Å².